The summed E-state index contributed by atoms with van der Waals surface area (Å²) in [6, 6.07) is 16.7. The molecule has 23 heavy (non-hydrogen) atoms. The molecule has 0 aliphatic carbocycles. The molecule has 0 aliphatic heterocycles. The van der Waals surface area contributed by atoms with Gasteiger partial charge in [-0.1, -0.05) is 42.5 Å². The van der Waals surface area contributed by atoms with Crippen LogP contribution < -0.4 is 5.32 Å². The molecule has 1 atom stereocenters. The average Bonchev–Trinajstić information content (AvgIpc) is 2.94. The smallest absolute Gasteiger partial charge is 0.209 e. The third-order valence-corrected chi connectivity index (χ3v) is 4.45. The second-order valence-corrected chi connectivity index (χ2v) is 7.70. The first-order chi connectivity index (χ1) is 11.0. The van der Waals surface area contributed by atoms with Gasteiger partial charge in [0.1, 0.15) is 15.4 Å². The number of aromatic nitrogens is 1. The van der Waals surface area contributed by atoms with Crippen LogP contribution in [0.3, 0.4) is 0 Å². The van der Waals surface area contributed by atoms with Gasteiger partial charge in [0.2, 0.25) is 5.89 Å². The molecule has 1 heterocycles. The summed E-state index contributed by atoms with van der Waals surface area (Å²) in [5.41, 5.74) is 2.45. The molecular weight excluding hydrogens is 312 g/mol. The third-order valence-electron chi connectivity index (χ3n) is 3.51. The second-order valence-electron chi connectivity index (χ2n) is 5.51. The Morgan fingerprint density at radius 2 is 1.78 bits per heavy atom. The van der Waals surface area contributed by atoms with Crippen LogP contribution in [-0.2, 0) is 16.4 Å². The normalized spacial score (nSPS) is 13.3. The molecule has 0 amide bonds. The Labute approximate surface area is 135 Å². The Balaban J connectivity index is 1.78. The zero-order valence-corrected chi connectivity index (χ0v) is 13.6. The minimum absolute atomic E-state index is 0.0250. The van der Waals surface area contributed by atoms with Crippen LogP contribution in [0.1, 0.15) is 17.5 Å². The highest BCUT2D eigenvalue weighted by Gasteiger charge is 2.18. The van der Waals surface area contributed by atoms with Gasteiger partial charge < -0.3 is 9.73 Å². The molecule has 2 aromatic carbocycles. The minimum Gasteiger partial charge on any atom is -0.439 e. The monoisotopic (exact) mass is 330 g/mol. The van der Waals surface area contributed by atoms with E-state index in [2.05, 4.69) is 10.3 Å². The van der Waals surface area contributed by atoms with E-state index in [1.54, 1.807) is 0 Å². The van der Waals surface area contributed by atoms with E-state index in [1.807, 2.05) is 54.6 Å². The number of nitrogens with zero attached hydrogens (tertiary/aromatic N) is 1. The van der Waals surface area contributed by atoms with Crippen LogP contribution in [0, 0.1) is 0 Å². The van der Waals surface area contributed by atoms with E-state index in [1.165, 1.54) is 6.26 Å². The lowest BCUT2D eigenvalue weighted by Gasteiger charge is -2.17. The Morgan fingerprint density at radius 3 is 2.48 bits per heavy atom. The number of para-hydroxylation sites is 2. The molecule has 120 valence electrons. The molecule has 0 aliphatic rings. The lowest BCUT2D eigenvalue weighted by molar-refractivity contribution is 0.465. The summed E-state index contributed by atoms with van der Waals surface area (Å²) in [6.45, 7) is 0.365. The van der Waals surface area contributed by atoms with Gasteiger partial charge in [-0.2, -0.15) is 0 Å². The van der Waals surface area contributed by atoms with Crippen molar-refractivity contribution in [3.05, 3.63) is 66.1 Å². The highest BCUT2D eigenvalue weighted by molar-refractivity contribution is 7.90. The van der Waals surface area contributed by atoms with Gasteiger partial charge in [-0.25, -0.2) is 13.4 Å². The summed E-state index contributed by atoms with van der Waals surface area (Å²) >= 11 is 0. The number of oxazole rings is 1. The molecule has 0 saturated carbocycles. The van der Waals surface area contributed by atoms with Crippen molar-refractivity contribution in [2.75, 3.05) is 12.0 Å². The molecule has 0 radical (unpaired) electrons. The fourth-order valence-electron chi connectivity index (χ4n) is 2.47. The van der Waals surface area contributed by atoms with Crippen molar-refractivity contribution in [1.29, 1.82) is 0 Å². The van der Waals surface area contributed by atoms with Crippen molar-refractivity contribution in [3.8, 4) is 0 Å². The van der Waals surface area contributed by atoms with Crippen LogP contribution in [0.5, 0.6) is 0 Å². The van der Waals surface area contributed by atoms with Crippen LogP contribution in [0.2, 0.25) is 0 Å². The molecule has 0 saturated heterocycles. The van der Waals surface area contributed by atoms with Gasteiger partial charge in [0.25, 0.3) is 0 Å². The quantitative estimate of drug-likeness (QED) is 0.752. The number of hydrogen-bond acceptors (Lipinski definition) is 5. The SMILES string of the molecule is CS(=O)(=O)CC(NCc1nc2ccccc2o1)c1ccccc1. The lowest BCUT2D eigenvalue weighted by Crippen LogP contribution is -2.27. The van der Waals surface area contributed by atoms with Crippen LogP contribution in [-0.4, -0.2) is 25.4 Å². The predicted molar refractivity (Wildman–Crippen MR) is 89.7 cm³/mol. The van der Waals surface area contributed by atoms with Crippen LogP contribution in [0.25, 0.3) is 11.1 Å². The topological polar surface area (TPSA) is 72.2 Å². The molecule has 3 rings (SSSR count). The summed E-state index contributed by atoms with van der Waals surface area (Å²) in [5, 5.41) is 3.23. The molecule has 5 nitrogen and oxygen atoms in total. The Morgan fingerprint density at radius 1 is 1.09 bits per heavy atom. The summed E-state index contributed by atoms with van der Waals surface area (Å²) in [4.78, 5) is 4.40. The molecule has 0 spiro atoms. The van der Waals surface area contributed by atoms with Crippen molar-refractivity contribution < 1.29 is 12.8 Å². The number of nitrogens with one attached hydrogen (secondary N) is 1. The lowest BCUT2D eigenvalue weighted by atomic mass is 10.1. The fourth-order valence-corrected chi connectivity index (χ4v) is 3.38. The molecule has 1 unspecified atom stereocenters. The average molecular weight is 330 g/mol. The molecule has 3 aromatic rings. The van der Waals surface area contributed by atoms with Crippen molar-refractivity contribution in [2.45, 2.75) is 12.6 Å². The van der Waals surface area contributed by atoms with Gasteiger partial charge in [0.05, 0.1) is 12.3 Å². The predicted octanol–water partition coefficient (Wildman–Crippen LogP) is 2.70. The van der Waals surface area contributed by atoms with E-state index < -0.39 is 9.84 Å². The van der Waals surface area contributed by atoms with E-state index >= 15 is 0 Å². The van der Waals surface area contributed by atoms with E-state index in [9.17, 15) is 8.42 Å². The largest absolute Gasteiger partial charge is 0.439 e. The Kier molecular flexibility index (Phi) is 4.45. The van der Waals surface area contributed by atoms with Gasteiger partial charge in [0, 0.05) is 12.3 Å². The van der Waals surface area contributed by atoms with E-state index in [4.69, 9.17) is 4.42 Å². The van der Waals surface area contributed by atoms with Gasteiger partial charge >= 0.3 is 0 Å². The van der Waals surface area contributed by atoms with Crippen LogP contribution >= 0.6 is 0 Å². The third kappa shape index (κ3) is 4.18. The number of fused-ring (bicyclic) bond motifs is 1. The summed E-state index contributed by atoms with van der Waals surface area (Å²) in [7, 11) is -3.11. The van der Waals surface area contributed by atoms with Crippen LogP contribution in [0.15, 0.2) is 59.0 Å². The first-order valence-electron chi connectivity index (χ1n) is 7.32. The number of rotatable bonds is 6. The van der Waals surface area contributed by atoms with Crippen molar-refractivity contribution in [1.82, 2.24) is 10.3 Å². The van der Waals surface area contributed by atoms with Crippen LogP contribution in [0.4, 0.5) is 0 Å². The molecule has 1 N–H and O–H groups in total. The van der Waals surface area contributed by atoms with E-state index in [0.717, 1.165) is 16.7 Å². The number of hydrogen-bond donors (Lipinski definition) is 1. The number of sulfone groups is 1. The zero-order valence-electron chi connectivity index (χ0n) is 12.8. The second kappa shape index (κ2) is 6.52. The van der Waals surface area contributed by atoms with E-state index in [-0.39, 0.29) is 11.8 Å². The van der Waals surface area contributed by atoms with E-state index in [0.29, 0.717) is 12.4 Å². The summed E-state index contributed by atoms with van der Waals surface area (Å²) in [5.74, 6) is 0.567. The Bertz CT molecular complexity index is 855. The molecule has 6 heteroatoms. The summed E-state index contributed by atoms with van der Waals surface area (Å²) in [6.07, 6.45) is 1.24. The van der Waals surface area contributed by atoms with Crippen molar-refractivity contribution in [2.24, 2.45) is 0 Å². The highest BCUT2D eigenvalue weighted by atomic mass is 32.2. The first-order valence-corrected chi connectivity index (χ1v) is 9.38. The molecule has 0 bridgehead atoms. The fraction of sp³-hybridized carbons (Fsp3) is 0.235. The standard InChI is InChI=1S/C17H18N2O3S/c1-23(20,21)12-15(13-7-3-2-4-8-13)18-11-17-19-14-9-5-6-10-16(14)22-17/h2-10,15,18H,11-12H2,1H3. The van der Waals surface area contributed by atoms with Gasteiger partial charge in [0.15, 0.2) is 5.58 Å². The Hall–Kier alpha value is -2.18. The molecule has 1 aromatic heterocycles. The number of benzene rings is 2. The zero-order chi connectivity index (χ0) is 16.3. The van der Waals surface area contributed by atoms with Gasteiger partial charge in [-0.05, 0) is 17.7 Å². The maximum atomic E-state index is 11.7. The van der Waals surface area contributed by atoms with Crippen molar-refractivity contribution in [3.63, 3.8) is 0 Å². The van der Waals surface area contributed by atoms with Gasteiger partial charge in [-0.15, -0.1) is 0 Å². The maximum Gasteiger partial charge on any atom is 0.209 e. The molecular formula is C17H18N2O3S. The first kappa shape index (κ1) is 15.7. The molecule has 0 fully saturated rings. The van der Waals surface area contributed by atoms with Crippen molar-refractivity contribution >= 4 is 20.9 Å². The maximum absolute atomic E-state index is 11.7. The summed E-state index contributed by atoms with van der Waals surface area (Å²) < 4.78 is 29.0. The minimum atomic E-state index is -3.11. The highest BCUT2D eigenvalue weighted by Crippen LogP contribution is 2.18. The van der Waals surface area contributed by atoms with Gasteiger partial charge in [-0.3, -0.25) is 0 Å².